The maximum Gasteiger partial charge on any atom is 0.316 e. The van der Waals surface area contributed by atoms with Crippen LogP contribution in [0.1, 0.15) is 48.0 Å². The van der Waals surface area contributed by atoms with Gasteiger partial charge in [-0.15, -0.1) is 0 Å². The van der Waals surface area contributed by atoms with Crippen LogP contribution in [0.15, 0.2) is 0 Å². The van der Waals surface area contributed by atoms with Gasteiger partial charge in [-0.05, 0) is 18.8 Å². The maximum absolute atomic E-state index is 12.3. The first kappa shape index (κ1) is 17.0. The minimum atomic E-state index is -1.08. The Labute approximate surface area is 121 Å². The van der Waals surface area contributed by atoms with Crippen molar-refractivity contribution >= 4 is 11.9 Å². The summed E-state index contributed by atoms with van der Waals surface area (Å²) in [5.41, 5.74) is -0.768. The molecule has 20 heavy (non-hydrogen) atoms. The van der Waals surface area contributed by atoms with E-state index in [1.54, 1.807) is 20.8 Å². The fraction of sp³-hybridized carbons (Fsp3) is 0.867. The lowest BCUT2D eigenvalue weighted by Gasteiger charge is -2.52. The average Bonchev–Trinajstić information content (AvgIpc) is 2.25. The van der Waals surface area contributed by atoms with Gasteiger partial charge >= 0.3 is 5.97 Å². The molecule has 0 aromatic carbocycles. The van der Waals surface area contributed by atoms with Gasteiger partial charge in [-0.2, -0.15) is 0 Å². The Morgan fingerprint density at radius 3 is 2.30 bits per heavy atom. The number of carboxylic acids is 1. The second kappa shape index (κ2) is 5.72. The molecule has 1 rings (SSSR count). The van der Waals surface area contributed by atoms with Crippen LogP contribution in [0.4, 0.5) is 0 Å². The molecule has 0 aliphatic heterocycles. The van der Waals surface area contributed by atoms with Crippen molar-refractivity contribution in [1.82, 2.24) is 5.32 Å². The third-order valence-corrected chi connectivity index (χ3v) is 4.24. The van der Waals surface area contributed by atoms with Crippen LogP contribution in [0, 0.1) is 16.7 Å². The summed E-state index contributed by atoms with van der Waals surface area (Å²) in [6.07, 6.45) is 0.860. The lowest BCUT2D eigenvalue weighted by Crippen LogP contribution is -2.63. The van der Waals surface area contributed by atoms with Crippen LogP contribution in [-0.2, 0) is 14.3 Å². The van der Waals surface area contributed by atoms with Gasteiger partial charge in [-0.1, -0.05) is 34.6 Å². The molecule has 1 amide bonds. The molecule has 3 unspecified atom stereocenters. The number of rotatable bonds is 5. The van der Waals surface area contributed by atoms with Crippen LogP contribution in [0.2, 0.25) is 0 Å². The Balaban J connectivity index is 2.70. The molecule has 2 N–H and O–H groups in total. The molecule has 5 heteroatoms. The Hall–Kier alpha value is -1.10. The van der Waals surface area contributed by atoms with Crippen molar-refractivity contribution < 1.29 is 19.4 Å². The Morgan fingerprint density at radius 1 is 1.40 bits per heavy atom. The molecule has 3 atom stereocenters. The number of aliphatic carboxylic acids is 1. The first-order chi connectivity index (χ1) is 9.01. The largest absolute Gasteiger partial charge is 0.481 e. The van der Waals surface area contributed by atoms with Gasteiger partial charge in [-0.3, -0.25) is 9.59 Å². The summed E-state index contributed by atoms with van der Waals surface area (Å²) in [6, 6.07) is -0.0317. The van der Waals surface area contributed by atoms with Gasteiger partial charge in [0.2, 0.25) is 5.91 Å². The minimum Gasteiger partial charge on any atom is -0.481 e. The van der Waals surface area contributed by atoms with Crippen LogP contribution in [0.5, 0.6) is 0 Å². The van der Waals surface area contributed by atoms with E-state index in [-0.39, 0.29) is 17.6 Å². The second-order valence-electron chi connectivity index (χ2n) is 7.20. The predicted octanol–water partition coefficient (Wildman–Crippen LogP) is 2.05. The number of carbonyl (C=O) groups excluding carboxylic acids is 1. The minimum absolute atomic E-state index is 0.0317. The molecule has 0 aromatic rings. The van der Waals surface area contributed by atoms with E-state index in [0.717, 1.165) is 6.42 Å². The molecule has 1 aliphatic carbocycles. The number of amides is 1. The Kier molecular flexibility index (Phi) is 4.85. The van der Waals surface area contributed by atoms with Gasteiger partial charge in [0.15, 0.2) is 0 Å². The van der Waals surface area contributed by atoms with Crippen LogP contribution < -0.4 is 5.32 Å². The van der Waals surface area contributed by atoms with E-state index in [9.17, 15) is 14.7 Å². The zero-order valence-electron chi connectivity index (χ0n) is 13.3. The lowest BCUT2D eigenvalue weighted by molar-refractivity contribution is -0.155. The number of ether oxygens (including phenoxy) is 1. The first-order valence-corrected chi connectivity index (χ1v) is 7.16. The third-order valence-electron chi connectivity index (χ3n) is 4.24. The molecular formula is C15H27NO4. The highest BCUT2D eigenvalue weighted by atomic mass is 16.5. The van der Waals surface area contributed by atoms with Crippen molar-refractivity contribution in [3.05, 3.63) is 0 Å². The smallest absolute Gasteiger partial charge is 0.316 e. The average molecular weight is 285 g/mol. The fourth-order valence-electron chi connectivity index (χ4n) is 2.75. The summed E-state index contributed by atoms with van der Waals surface area (Å²) in [5, 5.41) is 12.1. The molecule has 0 saturated heterocycles. The molecule has 0 bridgehead atoms. The predicted molar refractivity (Wildman–Crippen MR) is 76.3 cm³/mol. The molecule has 116 valence electrons. The van der Waals surface area contributed by atoms with E-state index in [2.05, 4.69) is 5.32 Å². The molecular weight excluding hydrogens is 258 g/mol. The zero-order valence-corrected chi connectivity index (χ0v) is 13.3. The fourth-order valence-corrected chi connectivity index (χ4v) is 2.75. The molecule has 1 fully saturated rings. The number of hydrogen-bond acceptors (Lipinski definition) is 3. The third kappa shape index (κ3) is 3.32. The zero-order chi connectivity index (χ0) is 15.7. The van der Waals surface area contributed by atoms with Crippen molar-refractivity contribution in [2.75, 3.05) is 6.61 Å². The van der Waals surface area contributed by atoms with Gasteiger partial charge in [0.25, 0.3) is 0 Å². The normalized spacial score (nSPS) is 26.5. The van der Waals surface area contributed by atoms with Crippen molar-refractivity contribution in [2.24, 2.45) is 16.7 Å². The van der Waals surface area contributed by atoms with Gasteiger partial charge in [0, 0.05) is 18.1 Å². The lowest BCUT2D eigenvalue weighted by atomic mass is 9.64. The SMILES string of the molecule is CCOC1CC(NC(=O)C(C(=O)O)C(C)(C)C)C1(C)C. The molecule has 0 radical (unpaired) electrons. The maximum atomic E-state index is 12.3. The molecule has 0 spiro atoms. The molecule has 0 heterocycles. The standard InChI is InChI=1S/C15H27NO4/c1-7-20-10-8-9(15(10,5)6)16-12(17)11(13(18)19)14(2,3)4/h9-11H,7-8H2,1-6H3,(H,16,17)(H,18,19). The van der Waals surface area contributed by atoms with Crippen molar-refractivity contribution in [2.45, 2.75) is 60.1 Å². The molecule has 1 saturated carbocycles. The highest BCUT2D eigenvalue weighted by Gasteiger charge is 2.51. The van der Waals surface area contributed by atoms with Crippen molar-refractivity contribution in [1.29, 1.82) is 0 Å². The van der Waals surface area contributed by atoms with Crippen LogP contribution in [0.3, 0.4) is 0 Å². The summed E-state index contributed by atoms with van der Waals surface area (Å²) in [7, 11) is 0. The van der Waals surface area contributed by atoms with Crippen LogP contribution in [-0.4, -0.2) is 35.7 Å². The van der Waals surface area contributed by atoms with Gasteiger partial charge in [-0.25, -0.2) is 0 Å². The van der Waals surface area contributed by atoms with Crippen LogP contribution >= 0.6 is 0 Å². The summed E-state index contributed by atoms with van der Waals surface area (Å²) in [6.45, 7) is 12.0. The van der Waals surface area contributed by atoms with E-state index in [1.807, 2.05) is 20.8 Å². The van der Waals surface area contributed by atoms with Crippen molar-refractivity contribution in [3.8, 4) is 0 Å². The topological polar surface area (TPSA) is 75.6 Å². The van der Waals surface area contributed by atoms with E-state index < -0.39 is 23.2 Å². The molecule has 0 aromatic heterocycles. The summed E-state index contributed by atoms with van der Waals surface area (Å²) >= 11 is 0. The summed E-state index contributed by atoms with van der Waals surface area (Å²) in [4.78, 5) is 23.6. The highest BCUT2D eigenvalue weighted by Crippen LogP contribution is 2.43. The Bertz CT molecular complexity index is 384. The quantitative estimate of drug-likeness (QED) is 0.758. The summed E-state index contributed by atoms with van der Waals surface area (Å²) < 4.78 is 5.61. The van der Waals surface area contributed by atoms with Gasteiger partial charge < -0.3 is 15.2 Å². The van der Waals surface area contributed by atoms with Gasteiger partial charge in [0.1, 0.15) is 5.92 Å². The highest BCUT2D eigenvalue weighted by molar-refractivity contribution is 5.98. The van der Waals surface area contributed by atoms with Crippen LogP contribution in [0.25, 0.3) is 0 Å². The monoisotopic (exact) mass is 285 g/mol. The number of nitrogens with one attached hydrogen (secondary N) is 1. The molecule has 1 aliphatic rings. The van der Waals surface area contributed by atoms with E-state index >= 15 is 0 Å². The number of hydrogen-bond donors (Lipinski definition) is 2. The number of carbonyl (C=O) groups is 2. The van der Waals surface area contributed by atoms with Gasteiger partial charge in [0.05, 0.1) is 6.10 Å². The first-order valence-electron chi connectivity index (χ1n) is 7.16. The van der Waals surface area contributed by atoms with E-state index in [4.69, 9.17) is 4.74 Å². The van der Waals surface area contributed by atoms with E-state index in [1.165, 1.54) is 0 Å². The second-order valence-corrected chi connectivity index (χ2v) is 7.20. The number of carboxylic acid groups (broad SMARTS) is 1. The van der Waals surface area contributed by atoms with Crippen molar-refractivity contribution in [3.63, 3.8) is 0 Å². The molecule has 5 nitrogen and oxygen atoms in total. The van der Waals surface area contributed by atoms with E-state index in [0.29, 0.717) is 6.61 Å². The summed E-state index contributed by atoms with van der Waals surface area (Å²) in [5.74, 6) is -2.52. The Morgan fingerprint density at radius 2 is 1.95 bits per heavy atom.